The topological polar surface area (TPSA) is 137 Å². The molecule has 5 N–H and O–H groups in total. The van der Waals surface area contributed by atoms with Crippen LogP contribution in [0.3, 0.4) is 0 Å². The maximum atomic E-state index is 10.9. The van der Waals surface area contributed by atoms with Gasteiger partial charge in [-0.05, 0) is 23.1 Å². The lowest BCUT2D eigenvalue weighted by Crippen LogP contribution is -2.21. The minimum Gasteiger partial charge on any atom is -0.497 e. The summed E-state index contributed by atoms with van der Waals surface area (Å²) in [5, 5.41) is 12.3. The molecule has 0 radical (unpaired) electrons. The lowest BCUT2D eigenvalue weighted by atomic mass is 10.1. The Labute approximate surface area is 151 Å². The van der Waals surface area contributed by atoms with E-state index in [1.54, 1.807) is 13.2 Å². The summed E-state index contributed by atoms with van der Waals surface area (Å²) in [4.78, 5) is 19.8. The zero-order chi connectivity index (χ0) is 20.6. The molecule has 2 rings (SSSR count). The number of primary amides is 1. The third-order valence-electron chi connectivity index (χ3n) is 2.99. The maximum absolute atomic E-state index is 10.9. The average molecular weight is 387 g/mol. The second-order valence-electron chi connectivity index (χ2n) is 4.94. The first kappa shape index (κ1) is 21.5. The van der Waals surface area contributed by atoms with E-state index in [0.29, 0.717) is 11.5 Å². The molecule has 0 spiro atoms. The number of fused-ring (bicyclic) bond motifs is 1. The number of nitrogens with two attached hydrogens (primary N) is 2. The Morgan fingerprint density at radius 3 is 2.37 bits per heavy atom. The van der Waals surface area contributed by atoms with Crippen LogP contribution in [0.1, 0.15) is 5.56 Å². The average Bonchev–Trinajstić information content (AvgIpc) is 2.59. The number of carboxylic acid groups (broad SMARTS) is 1. The number of hydrogen-bond donors (Lipinski definition) is 3. The van der Waals surface area contributed by atoms with Crippen LogP contribution in [-0.2, 0) is 9.59 Å². The van der Waals surface area contributed by atoms with E-state index in [1.807, 2.05) is 24.3 Å². The minimum absolute atomic E-state index is 0.197. The van der Waals surface area contributed by atoms with Gasteiger partial charge in [-0.2, -0.15) is 18.3 Å². The number of halogens is 3. The second-order valence-corrected chi connectivity index (χ2v) is 4.94. The zero-order valence-electron chi connectivity index (χ0n) is 14.0. The van der Waals surface area contributed by atoms with Crippen molar-refractivity contribution in [3.63, 3.8) is 0 Å². The van der Waals surface area contributed by atoms with Gasteiger partial charge in [0.05, 0.1) is 13.3 Å². The van der Waals surface area contributed by atoms with Gasteiger partial charge in [0.25, 0.3) is 5.91 Å². The van der Waals surface area contributed by atoms with Crippen molar-refractivity contribution in [3.05, 3.63) is 35.9 Å². The monoisotopic (exact) mass is 387 g/mol. The molecule has 11 heteroatoms. The fourth-order valence-electron chi connectivity index (χ4n) is 1.87. The van der Waals surface area contributed by atoms with Gasteiger partial charge in [0.15, 0.2) is 6.61 Å². The molecule has 0 aliphatic rings. The molecule has 0 saturated carbocycles. The Morgan fingerprint density at radius 1 is 1.26 bits per heavy atom. The number of alkyl halides is 3. The molecule has 146 valence electrons. The molecule has 2 aromatic carbocycles. The Bertz CT molecular complexity index is 853. The van der Waals surface area contributed by atoms with E-state index >= 15 is 0 Å². The second kappa shape index (κ2) is 9.27. The lowest BCUT2D eigenvalue weighted by Gasteiger charge is -2.11. The maximum Gasteiger partial charge on any atom is 0.490 e. The number of benzene rings is 2. The van der Waals surface area contributed by atoms with Crippen molar-refractivity contribution in [1.29, 1.82) is 0 Å². The summed E-state index contributed by atoms with van der Waals surface area (Å²) >= 11 is 0. The first-order chi connectivity index (χ1) is 12.6. The van der Waals surface area contributed by atoms with Gasteiger partial charge in [-0.15, -0.1) is 0 Å². The first-order valence-electron chi connectivity index (χ1n) is 7.14. The van der Waals surface area contributed by atoms with Crippen LogP contribution in [-0.4, -0.2) is 43.1 Å². The van der Waals surface area contributed by atoms with Crippen LogP contribution in [0.4, 0.5) is 13.2 Å². The van der Waals surface area contributed by atoms with Crippen LogP contribution in [0.15, 0.2) is 35.4 Å². The van der Waals surface area contributed by atoms with Gasteiger partial charge < -0.3 is 26.2 Å². The van der Waals surface area contributed by atoms with Crippen LogP contribution < -0.4 is 21.1 Å². The highest BCUT2D eigenvalue weighted by atomic mass is 19.4. The summed E-state index contributed by atoms with van der Waals surface area (Å²) in [6.45, 7) is -0.197. The summed E-state index contributed by atoms with van der Waals surface area (Å²) in [5.41, 5.74) is 5.93. The van der Waals surface area contributed by atoms with Crippen LogP contribution in [0.25, 0.3) is 10.8 Å². The number of carboxylic acids is 1. The van der Waals surface area contributed by atoms with E-state index in [4.69, 9.17) is 31.0 Å². The van der Waals surface area contributed by atoms with E-state index in [0.717, 1.165) is 16.3 Å². The predicted octanol–water partition coefficient (Wildman–Crippen LogP) is 1.64. The zero-order valence-corrected chi connectivity index (χ0v) is 14.0. The first-order valence-corrected chi connectivity index (χ1v) is 7.14. The Morgan fingerprint density at radius 2 is 1.89 bits per heavy atom. The smallest absolute Gasteiger partial charge is 0.490 e. The summed E-state index contributed by atoms with van der Waals surface area (Å²) in [5.74, 6) is 3.00. The summed E-state index contributed by atoms with van der Waals surface area (Å²) in [7, 11) is 1.56. The van der Waals surface area contributed by atoms with Crippen LogP contribution in [0.5, 0.6) is 11.5 Å². The molecule has 0 atom stereocenters. The standard InChI is InChI=1S/C14H15N3O3.C2HF3O2/c1-19-11-5-10-3-2-9(7-17-16)4-12(10)13(6-11)20-8-14(15)18;3-2(4,5)1(6)7/h2-7H,8,16H2,1H3,(H2,15,18);(H,6,7)/b17-7-;. The van der Waals surface area contributed by atoms with E-state index in [9.17, 15) is 18.0 Å². The van der Waals surface area contributed by atoms with Crippen molar-refractivity contribution in [2.75, 3.05) is 13.7 Å². The van der Waals surface area contributed by atoms with Crippen LogP contribution >= 0.6 is 0 Å². The molecule has 0 aromatic heterocycles. The third kappa shape index (κ3) is 6.72. The highest BCUT2D eigenvalue weighted by Gasteiger charge is 2.38. The number of ether oxygens (including phenoxy) is 2. The van der Waals surface area contributed by atoms with Gasteiger partial charge in [-0.25, -0.2) is 4.79 Å². The quantitative estimate of drug-likeness (QED) is 0.405. The molecule has 8 nitrogen and oxygen atoms in total. The number of carbonyl (C=O) groups is 2. The molecular weight excluding hydrogens is 371 g/mol. The van der Waals surface area contributed by atoms with Crippen molar-refractivity contribution >= 4 is 28.9 Å². The fourth-order valence-corrected chi connectivity index (χ4v) is 1.87. The molecule has 0 unspecified atom stereocenters. The number of methoxy groups -OCH3 is 1. The van der Waals surface area contributed by atoms with Crippen molar-refractivity contribution in [1.82, 2.24) is 0 Å². The third-order valence-corrected chi connectivity index (χ3v) is 2.99. The van der Waals surface area contributed by atoms with Gasteiger partial charge in [0.1, 0.15) is 11.5 Å². The van der Waals surface area contributed by atoms with E-state index < -0.39 is 18.1 Å². The summed E-state index contributed by atoms with van der Waals surface area (Å²) in [6.07, 6.45) is -3.55. The molecule has 2 aromatic rings. The van der Waals surface area contributed by atoms with Crippen molar-refractivity contribution in [2.45, 2.75) is 6.18 Å². The summed E-state index contributed by atoms with van der Waals surface area (Å²) < 4.78 is 42.4. The molecule has 27 heavy (non-hydrogen) atoms. The lowest BCUT2D eigenvalue weighted by molar-refractivity contribution is -0.192. The molecule has 1 amide bonds. The normalized spacial score (nSPS) is 11.0. The van der Waals surface area contributed by atoms with Gasteiger partial charge in [0.2, 0.25) is 0 Å². The van der Waals surface area contributed by atoms with Crippen molar-refractivity contribution in [3.8, 4) is 11.5 Å². The number of hydrazone groups is 1. The number of rotatable bonds is 5. The number of aliphatic carboxylic acids is 1. The van der Waals surface area contributed by atoms with Gasteiger partial charge in [-0.3, -0.25) is 4.79 Å². The highest BCUT2D eigenvalue weighted by molar-refractivity contribution is 5.95. The molecule has 0 saturated heterocycles. The molecule has 0 aliphatic carbocycles. The van der Waals surface area contributed by atoms with E-state index in [-0.39, 0.29) is 6.61 Å². The number of amides is 1. The van der Waals surface area contributed by atoms with Crippen LogP contribution in [0.2, 0.25) is 0 Å². The SMILES string of the molecule is COc1cc(OCC(N)=O)c2cc(/C=N\N)ccc2c1.O=C(O)C(F)(F)F. The predicted molar refractivity (Wildman–Crippen MR) is 90.7 cm³/mol. The molecule has 0 bridgehead atoms. The molecule has 0 aliphatic heterocycles. The van der Waals surface area contributed by atoms with E-state index in [2.05, 4.69) is 5.10 Å². The van der Waals surface area contributed by atoms with Gasteiger partial charge >= 0.3 is 12.1 Å². The number of hydrogen-bond acceptors (Lipinski definition) is 6. The van der Waals surface area contributed by atoms with Crippen LogP contribution in [0, 0.1) is 0 Å². The number of carbonyl (C=O) groups excluding carboxylic acids is 1. The molecule has 0 heterocycles. The fraction of sp³-hybridized carbons (Fsp3) is 0.188. The van der Waals surface area contributed by atoms with E-state index in [1.165, 1.54) is 6.21 Å². The molecular formula is C16H16F3N3O5. The largest absolute Gasteiger partial charge is 0.497 e. The Kier molecular flexibility index (Phi) is 7.39. The molecule has 0 fully saturated rings. The minimum atomic E-state index is -5.08. The Hall–Kier alpha value is -3.50. The summed E-state index contributed by atoms with van der Waals surface area (Å²) in [6, 6.07) is 9.20. The van der Waals surface area contributed by atoms with Gasteiger partial charge in [-0.1, -0.05) is 12.1 Å². The number of nitrogens with zero attached hydrogens (tertiary/aromatic N) is 1. The highest BCUT2D eigenvalue weighted by Crippen LogP contribution is 2.31. The van der Waals surface area contributed by atoms with Gasteiger partial charge in [0, 0.05) is 11.5 Å². The van der Waals surface area contributed by atoms with Crippen molar-refractivity contribution < 1.29 is 37.3 Å². The van der Waals surface area contributed by atoms with Crippen molar-refractivity contribution in [2.24, 2.45) is 16.7 Å². The Balaban J connectivity index is 0.000000445.